The molecule has 0 aliphatic carbocycles. The molecule has 0 bridgehead atoms. The second kappa shape index (κ2) is 11.1. The fraction of sp³-hybridized carbons (Fsp3) is 0.200. The molecule has 0 fully saturated rings. The van der Waals surface area contributed by atoms with Crippen molar-refractivity contribution in [3.05, 3.63) is 93.8 Å². The Hall–Kier alpha value is -2.95. The van der Waals surface area contributed by atoms with Gasteiger partial charge in [-0.3, -0.25) is 19.8 Å². The molecule has 0 atom stereocenters. The van der Waals surface area contributed by atoms with Gasteiger partial charge in [0.1, 0.15) is 0 Å². The van der Waals surface area contributed by atoms with E-state index in [1.807, 2.05) is 29.1 Å². The van der Waals surface area contributed by atoms with E-state index in [2.05, 4.69) is 32.9 Å². The molecule has 29 heavy (non-hydrogen) atoms. The van der Waals surface area contributed by atoms with Crippen molar-refractivity contribution >= 4 is 35.6 Å². The second-order valence-electron chi connectivity index (χ2n) is 6.18. The maximum Gasteiger partial charge on any atom is 0.269 e. The van der Waals surface area contributed by atoms with E-state index in [9.17, 15) is 10.1 Å². The van der Waals surface area contributed by atoms with Gasteiger partial charge in [0.05, 0.1) is 11.5 Å². The highest BCUT2D eigenvalue weighted by Crippen LogP contribution is 2.12. The number of nitrogens with zero attached hydrogens (tertiary/aromatic N) is 4. The summed E-state index contributed by atoms with van der Waals surface area (Å²) in [6, 6.07) is 16.6. The summed E-state index contributed by atoms with van der Waals surface area (Å²) in [6.45, 7) is 1.85. The number of aromatic nitrogens is 2. The van der Waals surface area contributed by atoms with Crippen molar-refractivity contribution in [3.8, 4) is 0 Å². The van der Waals surface area contributed by atoms with E-state index < -0.39 is 4.92 Å². The number of guanidine groups is 1. The number of hydrogen-bond acceptors (Lipinski definition) is 4. The first-order chi connectivity index (χ1) is 13.7. The number of benzene rings is 2. The number of nitrogens with one attached hydrogen (secondary N) is 2. The van der Waals surface area contributed by atoms with Crippen LogP contribution in [-0.4, -0.2) is 27.7 Å². The number of non-ortho nitro benzene ring substituents is 1. The van der Waals surface area contributed by atoms with E-state index in [4.69, 9.17) is 0 Å². The number of hydrogen-bond donors (Lipinski definition) is 2. The van der Waals surface area contributed by atoms with Gasteiger partial charge in [0.15, 0.2) is 5.96 Å². The first kappa shape index (κ1) is 22.3. The molecule has 0 unspecified atom stereocenters. The fourth-order valence-corrected chi connectivity index (χ4v) is 2.77. The lowest BCUT2D eigenvalue weighted by molar-refractivity contribution is -0.384. The zero-order valence-corrected chi connectivity index (χ0v) is 18.3. The Morgan fingerprint density at radius 2 is 1.76 bits per heavy atom. The number of nitro benzene ring substituents is 1. The van der Waals surface area contributed by atoms with Crippen LogP contribution in [0.3, 0.4) is 0 Å². The van der Waals surface area contributed by atoms with E-state index in [0.29, 0.717) is 25.6 Å². The zero-order chi connectivity index (χ0) is 19.8. The van der Waals surface area contributed by atoms with Crippen LogP contribution in [-0.2, 0) is 19.6 Å². The van der Waals surface area contributed by atoms with Crippen LogP contribution in [0.2, 0.25) is 0 Å². The first-order valence-corrected chi connectivity index (χ1v) is 8.88. The highest BCUT2D eigenvalue weighted by molar-refractivity contribution is 14.0. The van der Waals surface area contributed by atoms with Crippen LogP contribution in [0.4, 0.5) is 5.69 Å². The number of halogens is 1. The lowest BCUT2D eigenvalue weighted by Gasteiger charge is -2.14. The van der Waals surface area contributed by atoms with Crippen LogP contribution in [0.15, 0.2) is 72.0 Å². The quantitative estimate of drug-likeness (QED) is 0.169. The van der Waals surface area contributed by atoms with Gasteiger partial charge < -0.3 is 10.6 Å². The molecule has 0 spiro atoms. The zero-order valence-electron chi connectivity index (χ0n) is 16.0. The lowest BCUT2D eigenvalue weighted by Crippen LogP contribution is -2.36. The van der Waals surface area contributed by atoms with Gasteiger partial charge in [-0.15, -0.1) is 24.0 Å². The Labute approximate surface area is 186 Å². The van der Waals surface area contributed by atoms with Crippen molar-refractivity contribution in [2.75, 3.05) is 7.05 Å². The Balaban J connectivity index is 0.00000300. The predicted molar refractivity (Wildman–Crippen MR) is 123 cm³/mol. The highest BCUT2D eigenvalue weighted by Gasteiger charge is 2.06. The third kappa shape index (κ3) is 6.56. The predicted octanol–water partition coefficient (Wildman–Crippen LogP) is 3.32. The van der Waals surface area contributed by atoms with Gasteiger partial charge in [0, 0.05) is 44.7 Å². The monoisotopic (exact) mass is 506 g/mol. The molecule has 3 rings (SSSR count). The third-order valence-electron chi connectivity index (χ3n) is 4.29. The highest BCUT2D eigenvalue weighted by atomic mass is 127. The summed E-state index contributed by atoms with van der Waals surface area (Å²) in [4.78, 5) is 14.6. The Bertz CT molecular complexity index is 942. The normalized spacial score (nSPS) is 10.9. The van der Waals surface area contributed by atoms with Crippen molar-refractivity contribution in [2.45, 2.75) is 19.6 Å². The van der Waals surface area contributed by atoms with Crippen LogP contribution in [0.1, 0.15) is 16.7 Å². The molecule has 0 aliphatic heterocycles. The van der Waals surface area contributed by atoms with Gasteiger partial charge in [-0.25, -0.2) is 0 Å². The molecule has 0 aliphatic rings. The maximum atomic E-state index is 10.7. The molecular formula is C20H23IN6O2. The molecule has 0 amide bonds. The first-order valence-electron chi connectivity index (χ1n) is 8.88. The number of aliphatic imine (C=N–C) groups is 1. The minimum atomic E-state index is -0.404. The molecule has 152 valence electrons. The average Bonchev–Trinajstić information content (AvgIpc) is 3.22. The van der Waals surface area contributed by atoms with E-state index in [-0.39, 0.29) is 29.7 Å². The molecule has 2 N–H and O–H groups in total. The van der Waals surface area contributed by atoms with Gasteiger partial charge in [0.25, 0.3) is 5.69 Å². The van der Waals surface area contributed by atoms with Crippen LogP contribution in [0.5, 0.6) is 0 Å². The van der Waals surface area contributed by atoms with Crippen molar-refractivity contribution in [2.24, 2.45) is 4.99 Å². The summed E-state index contributed by atoms with van der Waals surface area (Å²) in [7, 11) is 1.71. The molecule has 0 radical (unpaired) electrons. The van der Waals surface area contributed by atoms with Gasteiger partial charge in [-0.05, 0) is 22.8 Å². The Morgan fingerprint density at radius 1 is 1.07 bits per heavy atom. The minimum absolute atomic E-state index is 0. The summed E-state index contributed by atoms with van der Waals surface area (Å²) in [5, 5.41) is 21.5. The largest absolute Gasteiger partial charge is 0.352 e. The summed E-state index contributed by atoms with van der Waals surface area (Å²) in [5.74, 6) is 0.659. The minimum Gasteiger partial charge on any atom is -0.352 e. The third-order valence-corrected chi connectivity index (χ3v) is 4.29. The van der Waals surface area contributed by atoms with Gasteiger partial charge >= 0.3 is 0 Å². The molecule has 0 saturated carbocycles. The van der Waals surface area contributed by atoms with Gasteiger partial charge in [0.2, 0.25) is 0 Å². The molecule has 0 saturated heterocycles. The van der Waals surface area contributed by atoms with E-state index in [1.54, 1.807) is 25.4 Å². The van der Waals surface area contributed by atoms with Crippen LogP contribution < -0.4 is 10.6 Å². The molecule has 1 heterocycles. The van der Waals surface area contributed by atoms with Gasteiger partial charge in [-0.2, -0.15) is 5.10 Å². The van der Waals surface area contributed by atoms with Crippen molar-refractivity contribution in [3.63, 3.8) is 0 Å². The molecule has 1 aromatic heterocycles. The summed E-state index contributed by atoms with van der Waals surface area (Å²) >= 11 is 0. The number of nitro groups is 1. The lowest BCUT2D eigenvalue weighted by atomic mass is 10.1. The van der Waals surface area contributed by atoms with E-state index >= 15 is 0 Å². The SMILES string of the molecule is CN=C(NCc1ccc([N+](=O)[O-])cc1)NCc1ccccc1Cn1cccn1.I. The smallest absolute Gasteiger partial charge is 0.269 e. The van der Waals surface area contributed by atoms with Crippen molar-refractivity contribution in [1.82, 2.24) is 20.4 Å². The Kier molecular flexibility index (Phi) is 8.59. The van der Waals surface area contributed by atoms with Gasteiger partial charge in [-0.1, -0.05) is 36.4 Å². The molecule has 9 heteroatoms. The standard InChI is InChI=1S/C20H22N6O2.HI/c1-21-20(22-13-16-7-9-19(10-8-16)26(27)28)23-14-17-5-2-3-6-18(17)15-25-12-4-11-24-25;/h2-12H,13-15H2,1H3,(H2,21,22,23);1H. The van der Waals surface area contributed by atoms with Crippen molar-refractivity contribution < 1.29 is 4.92 Å². The van der Waals surface area contributed by atoms with E-state index in [0.717, 1.165) is 11.1 Å². The van der Waals surface area contributed by atoms with Crippen LogP contribution in [0.25, 0.3) is 0 Å². The molecule has 2 aromatic carbocycles. The maximum absolute atomic E-state index is 10.7. The molecule has 3 aromatic rings. The van der Waals surface area contributed by atoms with Crippen LogP contribution in [0, 0.1) is 10.1 Å². The number of rotatable bonds is 7. The summed E-state index contributed by atoms with van der Waals surface area (Å²) in [6.07, 6.45) is 3.71. The molecular weight excluding hydrogens is 483 g/mol. The fourth-order valence-electron chi connectivity index (χ4n) is 2.77. The second-order valence-corrected chi connectivity index (χ2v) is 6.18. The average molecular weight is 506 g/mol. The topological polar surface area (TPSA) is 97.4 Å². The Morgan fingerprint density at radius 3 is 2.38 bits per heavy atom. The van der Waals surface area contributed by atoms with Crippen molar-refractivity contribution in [1.29, 1.82) is 0 Å². The summed E-state index contributed by atoms with van der Waals surface area (Å²) < 4.78 is 1.89. The summed E-state index contributed by atoms with van der Waals surface area (Å²) in [5.41, 5.74) is 3.37. The van der Waals surface area contributed by atoms with E-state index in [1.165, 1.54) is 17.7 Å². The molecule has 8 nitrogen and oxygen atoms in total. The van der Waals surface area contributed by atoms with Crippen LogP contribution >= 0.6 is 24.0 Å².